The topological polar surface area (TPSA) is 58.2 Å². The Balaban J connectivity index is 2.03. The molecule has 1 saturated carbocycles. The fourth-order valence-corrected chi connectivity index (χ4v) is 4.58. The fourth-order valence-electron chi connectivity index (χ4n) is 1.80. The van der Waals surface area contributed by atoms with Gasteiger partial charge in [-0.05, 0) is 44.0 Å². The van der Waals surface area contributed by atoms with Crippen LogP contribution in [-0.4, -0.2) is 28.1 Å². The molecule has 1 fully saturated rings. The van der Waals surface area contributed by atoms with Crippen molar-refractivity contribution in [1.82, 2.24) is 10.0 Å². The second-order valence-electron chi connectivity index (χ2n) is 5.44. The van der Waals surface area contributed by atoms with Gasteiger partial charge in [-0.2, -0.15) is 0 Å². The molecule has 0 amide bonds. The first-order chi connectivity index (χ1) is 8.35. The molecule has 2 rings (SSSR count). The fraction of sp³-hybridized carbons (Fsp3) is 0.667. The zero-order valence-corrected chi connectivity index (χ0v) is 12.6. The maximum Gasteiger partial charge on any atom is 0.250 e. The van der Waals surface area contributed by atoms with Crippen molar-refractivity contribution in [3.8, 4) is 0 Å². The average molecular weight is 288 g/mol. The second kappa shape index (κ2) is 4.92. The van der Waals surface area contributed by atoms with Crippen molar-refractivity contribution < 1.29 is 8.42 Å². The quantitative estimate of drug-likeness (QED) is 0.836. The van der Waals surface area contributed by atoms with E-state index in [1.807, 2.05) is 13.1 Å². The Morgan fingerprint density at radius 1 is 1.44 bits per heavy atom. The normalized spacial score (nSPS) is 22.1. The van der Waals surface area contributed by atoms with E-state index in [0.29, 0.717) is 4.21 Å². The Morgan fingerprint density at radius 2 is 2.11 bits per heavy atom. The Hall–Kier alpha value is -0.430. The smallest absolute Gasteiger partial charge is 0.250 e. The standard InChI is InChI=1S/C12H20N2O2S2/c1-12(2)8-10(12)14-18(15,16)11-5-4-9(17-11)6-7-13-3/h4-5,10,13-14H,6-8H2,1-3H3. The summed E-state index contributed by atoms with van der Waals surface area (Å²) in [5.74, 6) is 0. The van der Waals surface area contributed by atoms with Crippen LogP contribution in [0.5, 0.6) is 0 Å². The van der Waals surface area contributed by atoms with Gasteiger partial charge in [-0.25, -0.2) is 13.1 Å². The Bertz CT molecular complexity index is 520. The van der Waals surface area contributed by atoms with Gasteiger partial charge in [0.2, 0.25) is 10.0 Å². The van der Waals surface area contributed by atoms with Crippen molar-refractivity contribution in [3.05, 3.63) is 17.0 Å². The molecule has 18 heavy (non-hydrogen) atoms. The number of sulfonamides is 1. The minimum absolute atomic E-state index is 0.0883. The summed E-state index contributed by atoms with van der Waals surface area (Å²) in [5, 5.41) is 3.06. The molecule has 0 aliphatic heterocycles. The van der Waals surface area contributed by atoms with Crippen LogP contribution in [0.3, 0.4) is 0 Å². The van der Waals surface area contributed by atoms with Crippen LogP contribution in [-0.2, 0) is 16.4 Å². The molecule has 0 aromatic carbocycles. The molecular formula is C12H20N2O2S2. The van der Waals surface area contributed by atoms with Gasteiger partial charge in [-0.15, -0.1) is 11.3 Å². The maximum absolute atomic E-state index is 12.1. The van der Waals surface area contributed by atoms with E-state index in [1.54, 1.807) is 6.07 Å². The summed E-state index contributed by atoms with van der Waals surface area (Å²) >= 11 is 1.36. The van der Waals surface area contributed by atoms with Gasteiger partial charge in [0.1, 0.15) is 4.21 Å². The minimum Gasteiger partial charge on any atom is -0.319 e. The Labute approximate surface area is 113 Å². The Morgan fingerprint density at radius 3 is 2.67 bits per heavy atom. The minimum atomic E-state index is -3.32. The Kier molecular flexibility index (Phi) is 3.82. The summed E-state index contributed by atoms with van der Waals surface area (Å²) in [5.41, 5.74) is 0.110. The molecule has 1 unspecified atom stereocenters. The van der Waals surface area contributed by atoms with Crippen LogP contribution in [0.2, 0.25) is 0 Å². The molecule has 0 saturated heterocycles. The summed E-state index contributed by atoms with van der Waals surface area (Å²) in [6.45, 7) is 5.02. The van der Waals surface area contributed by atoms with Gasteiger partial charge < -0.3 is 5.32 Å². The van der Waals surface area contributed by atoms with Crippen LogP contribution >= 0.6 is 11.3 Å². The van der Waals surface area contributed by atoms with Crippen molar-refractivity contribution in [2.24, 2.45) is 5.41 Å². The van der Waals surface area contributed by atoms with Crippen LogP contribution in [0.1, 0.15) is 25.1 Å². The van der Waals surface area contributed by atoms with Gasteiger partial charge in [0.05, 0.1) is 0 Å². The monoisotopic (exact) mass is 288 g/mol. The van der Waals surface area contributed by atoms with E-state index in [0.717, 1.165) is 24.3 Å². The molecule has 1 aliphatic rings. The van der Waals surface area contributed by atoms with Crippen LogP contribution in [0.4, 0.5) is 0 Å². The van der Waals surface area contributed by atoms with Gasteiger partial charge in [-0.1, -0.05) is 13.8 Å². The van der Waals surface area contributed by atoms with E-state index < -0.39 is 10.0 Å². The number of thiophene rings is 1. The van der Waals surface area contributed by atoms with E-state index in [2.05, 4.69) is 23.9 Å². The largest absolute Gasteiger partial charge is 0.319 e. The van der Waals surface area contributed by atoms with Gasteiger partial charge >= 0.3 is 0 Å². The summed E-state index contributed by atoms with van der Waals surface area (Å²) in [4.78, 5) is 1.10. The molecule has 2 N–H and O–H groups in total. The van der Waals surface area contributed by atoms with Crippen molar-refractivity contribution in [2.45, 2.75) is 36.9 Å². The molecule has 0 bridgehead atoms. The third-order valence-corrected chi connectivity index (χ3v) is 6.44. The van der Waals surface area contributed by atoms with Crippen LogP contribution in [0.15, 0.2) is 16.3 Å². The first-order valence-corrected chi connectivity index (χ1v) is 8.41. The lowest BCUT2D eigenvalue weighted by Gasteiger charge is -2.06. The first kappa shape index (κ1) is 14.0. The summed E-state index contributed by atoms with van der Waals surface area (Å²) < 4.78 is 27.5. The zero-order valence-electron chi connectivity index (χ0n) is 11.0. The van der Waals surface area contributed by atoms with Gasteiger partial charge in [0, 0.05) is 10.9 Å². The predicted octanol–water partition coefficient (Wildman–Crippen LogP) is 1.59. The van der Waals surface area contributed by atoms with Crippen molar-refractivity contribution in [1.29, 1.82) is 0 Å². The molecule has 1 atom stereocenters. The molecule has 6 heteroatoms. The first-order valence-electron chi connectivity index (χ1n) is 6.11. The highest BCUT2D eigenvalue weighted by molar-refractivity contribution is 7.91. The number of nitrogens with one attached hydrogen (secondary N) is 2. The van der Waals surface area contributed by atoms with Crippen molar-refractivity contribution >= 4 is 21.4 Å². The van der Waals surface area contributed by atoms with Gasteiger partial charge in [0.25, 0.3) is 0 Å². The highest BCUT2D eigenvalue weighted by Gasteiger charge is 2.48. The molecule has 4 nitrogen and oxygen atoms in total. The summed E-state index contributed by atoms with van der Waals surface area (Å²) in [7, 11) is -1.43. The van der Waals surface area contributed by atoms with Crippen LogP contribution in [0, 0.1) is 5.41 Å². The lowest BCUT2D eigenvalue weighted by Crippen LogP contribution is -2.27. The molecule has 0 radical (unpaired) electrons. The highest BCUT2D eigenvalue weighted by Crippen LogP contribution is 2.45. The van der Waals surface area contributed by atoms with E-state index in [-0.39, 0.29) is 11.5 Å². The van der Waals surface area contributed by atoms with E-state index in [9.17, 15) is 8.42 Å². The van der Waals surface area contributed by atoms with E-state index >= 15 is 0 Å². The zero-order chi connectivity index (χ0) is 13.4. The molecule has 1 aromatic heterocycles. The van der Waals surface area contributed by atoms with Crippen LogP contribution < -0.4 is 10.0 Å². The lowest BCUT2D eigenvalue weighted by molar-refractivity contribution is 0.556. The van der Waals surface area contributed by atoms with Gasteiger partial charge in [-0.3, -0.25) is 0 Å². The van der Waals surface area contributed by atoms with Crippen LogP contribution in [0.25, 0.3) is 0 Å². The SMILES string of the molecule is CNCCc1ccc(S(=O)(=O)NC2CC2(C)C)s1. The van der Waals surface area contributed by atoms with E-state index in [4.69, 9.17) is 0 Å². The highest BCUT2D eigenvalue weighted by atomic mass is 32.2. The summed E-state index contributed by atoms with van der Waals surface area (Å²) in [6.07, 6.45) is 1.79. The number of likely N-dealkylation sites (N-methyl/N-ethyl adjacent to an activating group) is 1. The lowest BCUT2D eigenvalue weighted by atomic mass is 10.2. The molecule has 0 spiro atoms. The predicted molar refractivity (Wildman–Crippen MR) is 74.5 cm³/mol. The molecule has 102 valence electrons. The maximum atomic E-state index is 12.1. The average Bonchev–Trinajstić information content (AvgIpc) is 2.71. The molecule has 1 aliphatic carbocycles. The van der Waals surface area contributed by atoms with E-state index in [1.165, 1.54) is 11.3 Å². The number of hydrogen-bond donors (Lipinski definition) is 2. The second-order valence-corrected chi connectivity index (χ2v) is 8.55. The van der Waals surface area contributed by atoms with Crippen molar-refractivity contribution in [2.75, 3.05) is 13.6 Å². The number of rotatable bonds is 6. The third kappa shape index (κ3) is 3.12. The summed E-state index contributed by atoms with van der Waals surface area (Å²) in [6, 6.07) is 3.69. The van der Waals surface area contributed by atoms with Crippen molar-refractivity contribution in [3.63, 3.8) is 0 Å². The molecular weight excluding hydrogens is 268 g/mol. The molecule has 1 aromatic rings. The third-order valence-electron chi connectivity index (χ3n) is 3.33. The van der Waals surface area contributed by atoms with Gasteiger partial charge in [0.15, 0.2) is 0 Å². The molecule has 1 heterocycles. The number of hydrogen-bond acceptors (Lipinski definition) is 4.